The van der Waals surface area contributed by atoms with E-state index in [9.17, 15) is 9.18 Å². The molecular weight excluding hydrogens is 205 g/mol. The minimum absolute atomic E-state index is 0.0781. The average Bonchev–Trinajstić information content (AvgIpc) is 2.30. The van der Waals surface area contributed by atoms with Crippen LogP contribution in [0.1, 0.15) is 17.3 Å². The van der Waals surface area contributed by atoms with Gasteiger partial charge in [0, 0.05) is 29.1 Å². The largest absolute Gasteiger partial charge is 0.294 e. The topological polar surface area (TPSA) is 30.0 Å². The number of benzene rings is 1. The van der Waals surface area contributed by atoms with Crippen LogP contribution >= 0.6 is 0 Å². The summed E-state index contributed by atoms with van der Waals surface area (Å²) in [4.78, 5) is 15.1. The van der Waals surface area contributed by atoms with Crippen LogP contribution in [0.3, 0.4) is 0 Å². The highest BCUT2D eigenvalue weighted by Crippen LogP contribution is 2.22. The Hall–Kier alpha value is -2.03. The predicted octanol–water partition coefficient (Wildman–Crippen LogP) is 3.09. The van der Waals surface area contributed by atoms with Crippen molar-refractivity contribution >= 4 is 5.78 Å². The molecule has 0 saturated carbocycles. The van der Waals surface area contributed by atoms with E-state index in [2.05, 4.69) is 4.98 Å². The van der Waals surface area contributed by atoms with Crippen LogP contribution < -0.4 is 0 Å². The first-order valence-corrected chi connectivity index (χ1v) is 4.89. The lowest BCUT2D eigenvalue weighted by Gasteiger charge is -2.03. The zero-order valence-corrected chi connectivity index (χ0v) is 8.77. The first-order valence-electron chi connectivity index (χ1n) is 4.89. The van der Waals surface area contributed by atoms with Gasteiger partial charge in [-0.05, 0) is 19.1 Å². The second-order valence-electron chi connectivity index (χ2n) is 3.50. The van der Waals surface area contributed by atoms with E-state index in [1.54, 1.807) is 30.5 Å². The van der Waals surface area contributed by atoms with Crippen molar-refractivity contribution in [2.45, 2.75) is 6.92 Å². The zero-order chi connectivity index (χ0) is 11.5. The maximum Gasteiger partial charge on any atom is 0.161 e. The number of pyridine rings is 1. The Morgan fingerprint density at radius 2 is 2.00 bits per heavy atom. The number of carbonyl (C=O) groups excluding carboxylic acids is 1. The van der Waals surface area contributed by atoms with Gasteiger partial charge >= 0.3 is 0 Å². The van der Waals surface area contributed by atoms with E-state index in [4.69, 9.17) is 0 Å². The van der Waals surface area contributed by atoms with Crippen LogP contribution in [0.5, 0.6) is 0 Å². The van der Waals surface area contributed by atoms with E-state index < -0.39 is 0 Å². The Morgan fingerprint density at radius 1 is 1.25 bits per heavy atom. The predicted molar refractivity (Wildman–Crippen MR) is 59.6 cm³/mol. The van der Waals surface area contributed by atoms with Crippen LogP contribution in [0.25, 0.3) is 11.1 Å². The fourth-order valence-electron chi connectivity index (χ4n) is 1.48. The van der Waals surface area contributed by atoms with Gasteiger partial charge in [-0.25, -0.2) is 4.39 Å². The molecule has 2 aromatic rings. The van der Waals surface area contributed by atoms with Gasteiger partial charge in [0.2, 0.25) is 0 Å². The Morgan fingerprint density at radius 3 is 2.69 bits per heavy atom. The Balaban J connectivity index is 2.53. The number of carbonyl (C=O) groups is 1. The SMILES string of the molecule is CC(=O)c1cncc(-c2ccccc2F)c1. The molecule has 2 nitrogen and oxygen atoms in total. The molecule has 0 unspecified atom stereocenters. The first-order chi connectivity index (χ1) is 7.68. The van der Waals surface area contributed by atoms with E-state index in [0.717, 1.165) is 0 Å². The third kappa shape index (κ3) is 1.98. The van der Waals surface area contributed by atoms with E-state index in [1.165, 1.54) is 19.2 Å². The van der Waals surface area contributed by atoms with E-state index in [1.807, 2.05) is 0 Å². The zero-order valence-electron chi connectivity index (χ0n) is 8.77. The fourth-order valence-corrected chi connectivity index (χ4v) is 1.48. The summed E-state index contributed by atoms with van der Waals surface area (Å²) in [6.07, 6.45) is 3.03. The monoisotopic (exact) mass is 215 g/mol. The maximum atomic E-state index is 13.5. The summed E-state index contributed by atoms with van der Waals surface area (Å²) in [5, 5.41) is 0. The molecule has 0 spiro atoms. The van der Waals surface area contributed by atoms with Crippen LogP contribution in [-0.2, 0) is 0 Å². The molecule has 0 N–H and O–H groups in total. The second-order valence-corrected chi connectivity index (χ2v) is 3.50. The van der Waals surface area contributed by atoms with Gasteiger partial charge in [0.1, 0.15) is 5.82 Å². The van der Waals surface area contributed by atoms with E-state index >= 15 is 0 Å². The van der Waals surface area contributed by atoms with Crippen molar-refractivity contribution in [3.05, 3.63) is 54.1 Å². The summed E-state index contributed by atoms with van der Waals surface area (Å²) in [5.41, 5.74) is 1.56. The molecule has 0 aliphatic heterocycles. The average molecular weight is 215 g/mol. The molecule has 0 aliphatic rings. The molecule has 0 radical (unpaired) electrons. The number of rotatable bonds is 2. The van der Waals surface area contributed by atoms with E-state index in [0.29, 0.717) is 16.7 Å². The molecule has 0 saturated heterocycles. The lowest BCUT2D eigenvalue weighted by molar-refractivity contribution is 0.101. The minimum atomic E-state index is -0.315. The van der Waals surface area contributed by atoms with Crippen LogP contribution in [0.2, 0.25) is 0 Å². The summed E-state index contributed by atoms with van der Waals surface area (Å²) >= 11 is 0. The van der Waals surface area contributed by atoms with Crippen molar-refractivity contribution in [1.29, 1.82) is 0 Å². The van der Waals surface area contributed by atoms with Crippen molar-refractivity contribution in [2.75, 3.05) is 0 Å². The lowest BCUT2D eigenvalue weighted by Crippen LogP contribution is -1.94. The smallest absolute Gasteiger partial charge is 0.161 e. The van der Waals surface area contributed by atoms with Crippen LogP contribution in [-0.4, -0.2) is 10.8 Å². The van der Waals surface area contributed by atoms with Gasteiger partial charge < -0.3 is 0 Å². The molecule has 80 valence electrons. The summed E-state index contributed by atoms with van der Waals surface area (Å²) in [6.45, 7) is 1.46. The first kappa shape index (κ1) is 10.5. The van der Waals surface area contributed by atoms with Crippen molar-refractivity contribution in [3.8, 4) is 11.1 Å². The summed E-state index contributed by atoms with van der Waals surface area (Å²) in [6, 6.07) is 8.07. The van der Waals surface area contributed by atoms with Gasteiger partial charge in [-0.1, -0.05) is 18.2 Å². The van der Waals surface area contributed by atoms with Gasteiger partial charge in [-0.3, -0.25) is 9.78 Å². The Bertz CT molecular complexity index is 537. The van der Waals surface area contributed by atoms with Gasteiger partial charge in [0.05, 0.1) is 0 Å². The van der Waals surface area contributed by atoms with Crippen molar-refractivity contribution in [1.82, 2.24) is 4.98 Å². The number of nitrogens with zero attached hydrogens (tertiary/aromatic N) is 1. The maximum absolute atomic E-state index is 13.5. The third-order valence-electron chi connectivity index (χ3n) is 2.33. The minimum Gasteiger partial charge on any atom is -0.294 e. The number of ketones is 1. The molecule has 0 aliphatic carbocycles. The molecule has 0 bridgehead atoms. The van der Waals surface area contributed by atoms with Gasteiger partial charge in [-0.2, -0.15) is 0 Å². The highest BCUT2D eigenvalue weighted by atomic mass is 19.1. The molecule has 16 heavy (non-hydrogen) atoms. The molecule has 0 amide bonds. The molecule has 0 atom stereocenters. The van der Waals surface area contributed by atoms with Crippen molar-refractivity contribution in [2.24, 2.45) is 0 Å². The number of Topliss-reactive ketones (excluding diaryl/α,β-unsaturated/α-hetero) is 1. The number of aromatic nitrogens is 1. The number of hydrogen-bond donors (Lipinski definition) is 0. The molecule has 1 aromatic heterocycles. The highest BCUT2D eigenvalue weighted by Gasteiger charge is 2.06. The van der Waals surface area contributed by atoms with Crippen LogP contribution in [0.15, 0.2) is 42.7 Å². The quantitative estimate of drug-likeness (QED) is 0.720. The van der Waals surface area contributed by atoms with Gasteiger partial charge in [-0.15, -0.1) is 0 Å². The summed E-state index contributed by atoms with van der Waals surface area (Å²) in [5.74, 6) is -0.393. The Labute approximate surface area is 92.8 Å². The van der Waals surface area contributed by atoms with E-state index in [-0.39, 0.29) is 11.6 Å². The highest BCUT2D eigenvalue weighted by molar-refractivity contribution is 5.94. The standard InChI is InChI=1S/C13H10FNO/c1-9(16)10-6-11(8-15-7-10)12-4-2-3-5-13(12)14/h2-8H,1H3. The summed E-state index contributed by atoms with van der Waals surface area (Å²) < 4.78 is 13.5. The normalized spacial score (nSPS) is 10.1. The van der Waals surface area contributed by atoms with Crippen molar-refractivity contribution < 1.29 is 9.18 Å². The van der Waals surface area contributed by atoms with Gasteiger partial charge in [0.25, 0.3) is 0 Å². The number of halogens is 1. The molecule has 0 fully saturated rings. The second kappa shape index (κ2) is 4.23. The van der Waals surface area contributed by atoms with Crippen LogP contribution in [0, 0.1) is 5.82 Å². The molecule has 1 heterocycles. The lowest BCUT2D eigenvalue weighted by atomic mass is 10.0. The third-order valence-corrected chi connectivity index (χ3v) is 2.33. The van der Waals surface area contributed by atoms with Crippen molar-refractivity contribution in [3.63, 3.8) is 0 Å². The van der Waals surface area contributed by atoms with Crippen LogP contribution in [0.4, 0.5) is 4.39 Å². The molecule has 1 aromatic carbocycles. The fraction of sp³-hybridized carbons (Fsp3) is 0.0769. The number of hydrogen-bond acceptors (Lipinski definition) is 2. The molecular formula is C13H10FNO. The Kier molecular flexibility index (Phi) is 2.77. The molecule has 2 rings (SSSR count). The summed E-state index contributed by atoms with van der Waals surface area (Å²) in [7, 11) is 0. The van der Waals surface area contributed by atoms with Gasteiger partial charge in [0.15, 0.2) is 5.78 Å². The molecule has 3 heteroatoms.